The highest BCUT2D eigenvalue weighted by Crippen LogP contribution is 2.63. The molecule has 0 bridgehead atoms. The first-order chi connectivity index (χ1) is 41.5. The molecular weight excluding hydrogens is 661 g/mol. The summed E-state index contributed by atoms with van der Waals surface area (Å²) in [6, 6.07) is -35.2. The predicted molar refractivity (Wildman–Crippen MR) is 232 cm³/mol. The van der Waals surface area contributed by atoms with Crippen molar-refractivity contribution in [3.05, 3.63) is 228 Å². The molecule has 0 atom stereocenters. The van der Waals surface area contributed by atoms with Crippen LogP contribution in [-0.4, -0.2) is 0 Å². The normalized spacial score (nSPS) is 21.9. The van der Waals surface area contributed by atoms with Crippen molar-refractivity contribution < 1.29 is 46.6 Å². The van der Waals surface area contributed by atoms with E-state index in [0.29, 0.717) is 0 Å². The molecule has 0 heterocycles. The van der Waals surface area contributed by atoms with Gasteiger partial charge in [-0.3, -0.25) is 0 Å². The summed E-state index contributed by atoms with van der Waals surface area (Å²) in [4.78, 5) is 0. The van der Waals surface area contributed by atoms with Crippen LogP contribution in [0, 0.1) is 0 Å². The van der Waals surface area contributed by atoms with E-state index in [1.54, 1.807) is 0 Å². The van der Waals surface area contributed by atoms with Gasteiger partial charge in [-0.05, 0) is 122 Å². The molecule has 10 aromatic rings. The zero-order valence-electron chi connectivity index (χ0n) is 61.5. The molecule has 0 heteroatoms. The van der Waals surface area contributed by atoms with Gasteiger partial charge in [0.15, 0.2) is 0 Å². The van der Waals surface area contributed by atoms with E-state index in [2.05, 4.69) is 0 Å². The SMILES string of the molecule is [2H]c1c([2H])c([2H])c(-c2c([2H])c([2H])c([2H])c3c4c([2H])c([2H])c([2H])c([2H])c4c4c([2H])c([2H])c(-c5c([2H])c([2H])c([2H])c([2H])c5-c5c([2H])c([2H])c6c(c5[2H])-c5c([2H])c([2H])c([2H])c([2H])c5C65c6c([2H])c([2H])c([2H])c([2H])c6-c6c([2H])c([2H])c([2H])c([2H])c65)c([2H])c4c23)c([2H])c1[2H]. The van der Waals surface area contributed by atoms with Crippen LogP contribution in [0.1, 0.15) is 68.9 Å². The molecule has 0 aromatic heterocycles. The second-order valence-corrected chi connectivity index (χ2v) is 12.5. The molecule has 0 N–H and O–H groups in total. The fraction of sp³-hybridized carbons (Fsp3) is 0.0182. The van der Waals surface area contributed by atoms with Gasteiger partial charge in [-0.1, -0.05) is 193 Å². The highest BCUT2D eigenvalue weighted by atomic mass is 14.5. The summed E-state index contributed by atoms with van der Waals surface area (Å²) in [5, 5.41) is -4.35. The first-order valence-corrected chi connectivity index (χ1v) is 16.5. The summed E-state index contributed by atoms with van der Waals surface area (Å²) >= 11 is 0. The van der Waals surface area contributed by atoms with E-state index in [-0.39, 0.29) is 0 Å². The predicted octanol–water partition coefficient (Wildman–Crippen LogP) is 14.5. The van der Waals surface area contributed by atoms with Crippen molar-refractivity contribution in [3.63, 3.8) is 0 Å². The van der Waals surface area contributed by atoms with Crippen LogP contribution >= 0.6 is 0 Å². The lowest BCUT2D eigenvalue weighted by Gasteiger charge is -2.30. The Bertz CT molecular complexity index is 5080. The minimum absolute atomic E-state index is 0.599. The molecule has 2 aliphatic carbocycles. The van der Waals surface area contributed by atoms with Gasteiger partial charge >= 0.3 is 0 Å². The molecule has 55 heavy (non-hydrogen) atoms. The molecule has 10 aromatic carbocycles. The summed E-state index contributed by atoms with van der Waals surface area (Å²) in [5.74, 6) is 0. The van der Waals surface area contributed by atoms with Crippen LogP contribution in [0.5, 0.6) is 0 Å². The van der Waals surface area contributed by atoms with Crippen LogP contribution in [0.4, 0.5) is 0 Å². The average Bonchev–Trinajstić information content (AvgIpc) is 1.53. The number of rotatable bonds is 3. The zero-order valence-corrected chi connectivity index (χ0v) is 27.5. The Hall–Kier alpha value is -7.02. The fourth-order valence-corrected chi connectivity index (χ4v) is 7.78. The van der Waals surface area contributed by atoms with Crippen molar-refractivity contribution in [2.45, 2.75) is 5.41 Å². The third-order valence-corrected chi connectivity index (χ3v) is 9.94. The Morgan fingerprint density at radius 1 is 0.255 bits per heavy atom. The van der Waals surface area contributed by atoms with Crippen LogP contribution in [-0.2, 0) is 5.41 Å². The van der Waals surface area contributed by atoms with Gasteiger partial charge in [-0.15, -0.1) is 0 Å². The van der Waals surface area contributed by atoms with Crippen molar-refractivity contribution in [1.29, 1.82) is 0 Å². The quantitative estimate of drug-likeness (QED) is 0.159. The average molecular weight is 729 g/mol. The molecule has 0 aliphatic heterocycles. The van der Waals surface area contributed by atoms with Crippen LogP contribution in [0.3, 0.4) is 0 Å². The van der Waals surface area contributed by atoms with Crippen molar-refractivity contribution in [2.75, 3.05) is 0 Å². The summed E-state index contributed by atoms with van der Waals surface area (Å²) < 4.78 is 315. The number of fused-ring (bicyclic) bond motifs is 16. The van der Waals surface area contributed by atoms with Gasteiger partial charge in [0, 0.05) is 0 Å². The molecular formula is C55H34. The molecule has 0 radical (unpaired) electrons. The minimum atomic E-state index is -2.87. The third kappa shape index (κ3) is 4.12. The van der Waals surface area contributed by atoms with Gasteiger partial charge in [-0.2, -0.15) is 0 Å². The summed E-state index contributed by atoms with van der Waals surface area (Å²) in [6.45, 7) is 0. The molecule has 1 spiro atoms. The molecule has 254 valence electrons. The first-order valence-electron chi connectivity index (χ1n) is 33.5. The third-order valence-electron chi connectivity index (χ3n) is 9.94. The van der Waals surface area contributed by atoms with Gasteiger partial charge in [0.25, 0.3) is 0 Å². The van der Waals surface area contributed by atoms with Crippen LogP contribution < -0.4 is 0 Å². The minimum Gasteiger partial charge on any atom is -0.0622 e. The maximum atomic E-state index is 10.3. The van der Waals surface area contributed by atoms with E-state index in [1.807, 2.05) is 0 Å². The first kappa shape index (κ1) is 12.2. The number of hydrogen-bond donors (Lipinski definition) is 0. The molecule has 2 aliphatic rings. The topological polar surface area (TPSA) is 0 Å². The Labute approximate surface area is 368 Å². The standard InChI is InChI=1S/C55H34/c1-2-15-35(16-3-1)40-24-14-25-47-42-20-7-6-19-41(42)43-31-29-36(34-49(43)54(40)47)38-17-4-5-18-39(38)37-30-32-53-48(33-37)46-23-10-13-28-52(46)55(53)50-26-11-8-21-44(50)45-22-9-12-27-51(45)55/h1-34H/i1D,2D,3D,4D,5D,6D,7D,8D,9D,10D,11D,12D,13D,14D,15D,16D,17D,18D,19D,20D,21D,22D,23D,24D,25D,26D,27D,28D,29D,30D,31D,32D,33D,34D. The van der Waals surface area contributed by atoms with E-state index in [0.717, 1.165) is 0 Å². The Morgan fingerprint density at radius 2 is 0.691 bits per heavy atom. The Kier molecular flexibility index (Phi) is 2.56. The van der Waals surface area contributed by atoms with Crippen molar-refractivity contribution in [1.82, 2.24) is 0 Å². The van der Waals surface area contributed by atoms with E-state index in [1.165, 1.54) is 0 Å². The zero-order chi connectivity index (χ0) is 65.7. The van der Waals surface area contributed by atoms with Gasteiger partial charge in [0.2, 0.25) is 0 Å². The fourth-order valence-electron chi connectivity index (χ4n) is 7.78. The largest absolute Gasteiger partial charge is 0.0725 e. The van der Waals surface area contributed by atoms with Crippen LogP contribution in [0.2, 0.25) is 0 Å². The lowest BCUT2D eigenvalue weighted by molar-refractivity contribution is 0.794. The van der Waals surface area contributed by atoms with Crippen molar-refractivity contribution >= 4 is 32.3 Å². The highest BCUT2D eigenvalue weighted by molar-refractivity contribution is 6.29. The van der Waals surface area contributed by atoms with E-state index in [4.69, 9.17) is 21.9 Å². The Morgan fingerprint density at radius 3 is 1.35 bits per heavy atom. The second kappa shape index (κ2) is 11.5. The lowest BCUT2D eigenvalue weighted by Crippen LogP contribution is -2.25. The number of hydrogen-bond acceptors (Lipinski definition) is 0. The molecule has 0 amide bonds. The molecule has 0 saturated heterocycles. The van der Waals surface area contributed by atoms with E-state index in [9.17, 15) is 24.7 Å². The van der Waals surface area contributed by atoms with Crippen LogP contribution in [0.25, 0.3) is 88.0 Å². The smallest absolute Gasteiger partial charge is 0.0622 e. The van der Waals surface area contributed by atoms with Crippen molar-refractivity contribution in [3.8, 4) is 55.6 Å². The molecule has 12 rings (SSSR count). The van der Waals surface area contributed by atoms with Gasteiger partial charge in [0.1, 0.15) is 0 Å². The number of benzene rings is 10. The second-order valence-electron chi connectivity index (χ2n) is 12.5. The van der Waals surface area contributed by atoms with Crippen molar-refractivity contribution in [2.24, 2.45) is 0 Å². The van der Waals surface area contributed by atoms with Gasteiger partial charge < -0.3 is 0 Å². The van der Waals surface area contributed by atoms with Crippen LogP contribution in [0.15, 0.2) is 205 Å². The van der Waals surface area contributed by atoms with E-state index < -0.39 is 321 Å². The monoisotopic (exact) mass is 728 g/mol. The summed E-state index contributed by atoms with van der Waals surface area (Å²) in [5.41, 5.74) is -14.2. The maximum absolute atomic E-state index is 10.3. The highest BCUT2D eigenvalue weighted by Gasteiger charge is 2.51. The molecule has 0 nitrogen and oxygen atoms in total. The molecule has 0 saturated carbocycles. The van der Waals surface area contributed by atoms with Gasteiger partial charge in [-0.25, -0.2) is 0 Å². The van der Waals surface area contributed by atoms with E-state index >= 15 is 0 Å². The Balaban J connectivity index is 1.34. The summed E-state index contributed by atoms with van der Waals surface area (Å²) in [6.07, 6.45) is 0. The molecule has 0 unspecified atom stereocenters. The maximum Gasteiger partial charge on any atom is 0.0725 e. The summed E-state index contributed by atoms with van der Waals surface area (Å²) in [7, 11) is 0. The lowest BCUT2D eigenvalue weighted by atomic mass is 9.70. The molecule has 0 fully saturated rings. The van der Waals surface area contributed by atoms with Gasteiger partial charge in [0.05, 0.1) is 52.0 Å².